The molecule has 0 saturated carbocycles. The molecule has 0 radical (unpaired) electrons. The highest BCUT2D eigenvalue weighted by Crippen LogP contribution is 2.26. The average Bonchev–Trinajstić information content (AvgIpc) is 2.33. The fraction of sp³-hybridized carbons (Fsp3) is 0.0714. The Labute approximate surface area is 124 Å². The van der Waals surface area contributed by atoms with E-state index in [4.69, 9.17) is 11.6 Å². The van der Waals surface area contributed by atoms with Crippen LogP contribution < -0.4 is 5.32 Å². The van der Waals surface area contributed by atoms with Crippen molar-refractivity contribution in [1.82, 2.24) is 0 Å². The van der Waals surface area contributed by atoms with Crippen molar-refractivity contribution < 1.29 is 9.90 Å². The van der Waals surface area contributed by atoms with Gasteiger partial charge in [0.15, 0.2) is 0 Å². The molecule has 0 spiro atoms. The number of phenols is 1. The third-order valence-corrected chi connectivity index (χ3v) is 3.37. The molecule has 5 heteroatoms. The molecule has 2 aromatic rings. The number of amides is 1. The predicted octanol–water partition coefficient (Wildman–Crippen LogP) is 3.99. The Hall–Kier alpha value is -1.52. The van der Waals surface area contributed by atoms with Gasteiger partial charge < -0.3 is 10.4 Å². The standard InChI is InChI=1S/C14H11BrClNO2/c15-12-8-10(16)4-5-13(12)17-14(19)7-9-2-1-3-11(18)6-9/h1-6,8,18H,7H2,(H,17,19). The van der Waals surface area contributed by atoms with Gasteiger partial charge in [-0.3, -0.25) is 4.79 Å². The van der Waals surface area contributed by atoms with Gasteiger partial charge in [-0.2, -0.15) is 0 Å². The van der Waals surface area contributed by atoms with Crippen LogP contribution in [0.2, 0.25) is 5.02 Å². The molecule has 0 bridgehead atoms. The minimum absolute atomic E-state index is 0.151. The number of hydrogen-bond donors (Lipinski definition) is 2. The van der Waals surface area contributed by atoms with Gasteiger partial charge in [0.1, 0.15) is 5.75 Å². The molecule has 2 rings (SSSR count). The van der Waals surface area contributed by atoms with Crippen molar-refractivity contribution in [2.75, 3.05) is 5.32 Å². The van der Waals surface area contributed by atoms with Gasteiger partial charge in [0.25, 0.3) is 0 Å². The molecular formula is C14H11BrClNO2. The van der Waals surface area contributed by atoms with Crippen molar-refractivity contribution >= 4 is 39.1 Å². The summed E-state index contributed by atoms with van der Waals surface area (Å²) < 4.78 is 0.726. The van der Waals surface area contributed by atoms with Crippen molar-refractivity contribution in [3.05, 3.63) is 57.5 Å². The SMILES string of the molecule is O=C(Cc1cccc(O)c1)Nc1ccc(Cl)cc1Br. The first-order chi connectivity index (χ1) is 9.04. The van der Waals surface area contributed by atoms with Crippen LogP contribution >= 0.6 is 27.5 Å². The molecule has 98 valence electrons. The zero-order valence-electron chi connectivity index (χ0n) is 9.86. The van der Waals surface area contributed by atoms with Gasteiger partial charge >= 0.3 is 0 Å². The van der Waals surface area contributed by atoms with Crippen LogP contribution in [0.5, 0.6) is 5.75 Å². The Morgan fingerprint density at radius 3 is 2.74 bits per heavy atom. The summed E-state index contributed by atoms with van der Waals surface area (Å²) in [5, 5.41) is 12.7. The lowest BCUT2D eigenvalue weighted by Crippen LogP contribution is -2.14. The van der Waals surface area contributed by atoms with Crippen molar-refractivity contribution in [1.29, 1.82) is 0 Å². The lowest BCUT2D eigenvalue weighted by Gasteiger charge is -2.08. The topological polar surface area (TPSA) is 49.3 Å². The number of hydrogen-bond acceptors (Lipinski definition) is 2. The van der Waals surface area contributed by atoms with Gasteiger partial charge in [0, 0.05) is 9.50 Å². The number of nitrogens with one attached hydrogen (secondary N) is 1. The van der Waals surface area contributed by atoms with E-state index in [1.807, 2.05) is 0 Å². The highest BCUT2D eigenvalue weighted by Gasteiger charge is 2.07. The van der Waals surface area contributed by atoms with E-state index >= 15 is 0 Å². The molecule has 2 aromatic carbocycles. The quantitative estimate of drug-likeness (QED) is 0.887. The second-order valence-corrected chi connectivity index (χ2v) is 5.31. The molecule has 2 N–H and O–H groups in total. The fourth-order valence-corrected chi connectivity index (χ4v) is 2.42. The summed E-state index contributed by atoms with van der Waals surface area (Å²) in [4.78, 5) is 11.9. The zero-order valence-corrected chi connectivity index (χ0v) is 12.2. The number of phenolic OH excluding ortho intramolecular Hbond substituents is 1. The first-order valence-electron chi connectivity index (χ1n) is 5.57. The molecule has 19 heavy (non-hydrogen) atoms. The van der Waals surface area contributed by atoms with E-state index in [0.717, 1.165) is 10.0 Å². The van der Waals surface area contributed by atoms with Crippen molar-refractivity contribution in [2.45, 2.75) is 6.42 Å². The maximum Gasteiger partial charge on any atom is 0.228 e. The van der Waals surface area contributed by atoms with Gasteiger partial charge in [-0.1, -0.05) is 23.7 Å². The lowest BCUT2D eigenvalue weighted by molar-refractivity contribution is -0.115. The summed E-state index contributed by atoms with van der Waals surface area (Å²) in [7, 11) is 0. The van der Waals surface area contributed by atoms with Crippen LogP contribution in [0.4, 0.5) is 5.69 Å². The third-order valence-electron chi connectivity index (χ3n) is 2.48. The largest absolute Gasteiger partial charge is 0.508 e. The fourth-order valence-electron chi connectivity index (χ4n) is 1.64. The van der Waals surface area contributed by atoms with Gasteiger partial charge in [0.05, 0.1) is 12.1 Å². The van der Waals surface area contributed by atoms with Gasteiger partial charge in [-0.15, -0.1) is 0 Å². The lowest BCUT2D eigenvalue weighted by atomic mass is 10.1. The van der Waals surface area contributed by atoms with Gasteiger partial charge in [-0.05, 0) is 51.8 Å². The van der Waals surface area contributed by atoms with E-state index in [0.29, 0.717) is 10.7 Å². The number of carbonyl (C=O) groups excluding carboxylic acids is 1. The van der Waals surface area contributed by atoms with Crippen molar-refractivity contribution in [3.63, 3.8) is 0 Å². The minimum atomic E-state index is -0.159. The van der Waals surface area contributed by atoms with Crippen LogP contribution in [0.25, 0.3) is 0 Å². The molecule has 0 aromatic heterocycles. The summed E-state index contributed by atoms with van der Waals surface area (Å²) in [6.45, 7) is 0. The molecule has 0 saturated heterocycles. The number of benzene rings is 2. The summed E-state index contributed by atoms with van der Waals surface area (Å²) >= 11 is 9.16. The first kappa shape index (κ1) is 13.9. The molecule has 0 unspecified atom stereocenters. The molecule has 3 nitrogen and oxygen atoms in total. The molecule has 1 amide bonds. The van der Waals surface area contributed by atoms with E-state index < -0.39 is 0 Å². The Balaban J connectivity index is 2.05. The molecule has 0 atom stereocenters. The van der Waals surface area contributed by atoms with Crippen LogP contribution in [-0.4, -0.2) is 11.0 Å². The minimum Gasteiger partial charge on any atom is -0.508 e. The zero-order chi connectivity index (χ0) is 13.8. The molecule has 0 aliphatic carbocycles. The highest BCUT2D eigenvalue weighted by atomic mass is 79.9. The number of halogens is 2. The van der Waals surface area contributed by atoms with E-state index in [-0.39, 0.29) is 18.1 Å². The van der Waals surface area contributed by atoms with Gasteiger partial charge in [-0.25, -0.2) is 0 Å². The number of rotatable bonds is 3. The monoisotopic (exact) mass is 339 g/mol. The Kier molecular flexibility index (Phi) is 4.45. The number of aromatic hydroxyl groups is 1. The number of anilines is 1. The molecule has 0 fully saturated rings. The smallest absolute Gasteiger partial charge is 0.228 e. The van der Waals surface area contributed by atoms with Crippen LogP contribution in [0.15, 0.2) is 46.9 Å². The van der Waals surface area contributed by atoms with E-state index in [9.17, 15) is 9.90 Å². The normalized spacial score (nSPS) is 10.2. The Bertz CT molecular complexity index is 616. The maximum absolute atomic E-state index is 11.9. The highest BCUT2D eigenvalue weighted by molar-refractivity contribution is 9.10. The summed E-state index contributed by atoms with van der Waals surface area (Å²) in [5.74, 6) is -0.00778. The second-order valence-electron chi connectivity index (χ2n) is 4.02. The van der Waals surface area contributed by atoms with Crippen LogP contribution in [0.3, 0.4) is 0 Å². The molecule has 0 heterocycles. The van der Waals surface area contributed by atoms with Crippen LogP contribution in [-0.2, 0) is 11.2 Å². The van der Waals surface area contributed by atoms with Crippen molar-refractivity contribution in [2.24, 2.45) is 0 Å². The van der Waals surface area contributed by atoms with E-state index in [1.165, 1.54) is 0 Å². The summed E-state index contributed by atoms with van der Waals surface area (Å²) in [6, 6.07) is 11.8. The predicted molar refractivity (Wildman–Crippen MR) is 79.6 cm³/mol. The van der Waals surface area contributed by atoms with Crippen molar-refractivity contribution in [3.8, 4) is 5.75 Å². The molecule has 0 aliphatic rings. The summed E-state index contributed by atoms with van der Waals surface area (Å²) in [6.07, 6.45) is 0.198. The average molecular weight is 341 g/mol. The van der Waals surface area contributed by atoms with E-state index in [1.54, 1.807) is 42.5 Å². The molecular weight excluding hydrogens is 330 g/mol. The maximum atomic E-state index is 11.9. The second kappa shape index (κ2) is 6.08. The van der Waals surface area contributed by atoms with Crippen LogP contribution in [0.1, 0.15) is 5.56 Å². The van der Waals surface area contributed by atoms with Crippen LogP contribution in [0, 0.1) is 0 Å². The third kappa shape index (κ3) is 3.98. The van der Waals surface area contributed by atoms with Gasteiger partial charge in [0.2, 0.25) is 5.91 Å². The Morgan fingerprint density at radius 2 is 2.05 bits per heavy atom. The first-order valence-corrected chi connectivity index (χ1v) is 6.74. The van der Waals surface area contributed by atoms with E-state index in [2.05, 4.69) is 21.2 Å². The summed E-state index contributed by atoms with van der Waals surface area (Å²) in [5.41, 5.74) is 1.41. The molecule has 0 aliphatic heterocycles. The Morgan fingerprint density at radius 1 is 1.26 bits per heavy atom. The number of carbonyl (C=O) groups is 1.